The van der Waals surface area contributed by atoms with Gasteiger partial charge in [0.15, 0.2) is 5.65 Å². The van der Waals surface area contributed by atoms with Gasteiger partial charge in [0, 0.05) is 37.9 Å². The number of hydrogen-bond acceptors (Lipinski definition) is 6. The Morgan fingerprint density at radius 3 is 2.81 bits per heavy atom. The summed E-state index contributed by atoms with van der Waals surface area (Å²) in [6.07, 6.45) is 2.83. The van der Waals surface area contributed by atoms with Crippen LogP contribution >= 0.6 is 15.9 Å². The molecule has 0 amide bonds. The third kappa shape index (κ3) is 2.88. The lowest BCUT2D eigenvalue weighted by atomic mass is 10.1. The number of nitrogens with zero attached hydrogens (tertiary/aromatic N) is 5. The minimum atomic E-state index is -0.620. The number of aromatic nitrogens is 5. The molecule has 8 nitrogen and oxygen atoms in total. The SMILES string of the molecule is OC(c1ccc2cc[nH]c2c1)N1CCN(c2ncnc3n[nH]c(Br)c23)CC1. The highest BCUT2D eigenvalue weighted by atomic mass is 79.9. The first-order valence-electron chi connectivity index (χ1n) is 8.79. The van der Waals surface area contributed by atoms with Crippen LogP contribution in [0.1, 0.15) is 11.8 Å². The van der Waals surface area contributed by atoms with Gasteiger partial charge in [0.25, 0.3) is 0 Å². The summed E-state index contributed by atoms with van der Waals surface area (Å²) in [4.78, 5) is 16.2. The van der Waals surface area contributed by atoms with Gasteiger partial charge in [-0.05, 0) is 39.0 Å². The van der Waals surface area contributed by atoms with Crippen molar-refractivity contribution in [1.82, 2.24) is 30.0 Å². The summed E-state index contributed by atoms with van der Waals surface area (Å²) in [7, 11) is 0. The standard InChI is InChI=1S/C18H18BrN7O/c19-15-14-16(24-23-15)21-10-22-17(14)25-5-7-26(8-6-25)18(27)12-2-1-11-3-4-20-13(11)9-12/h1-4,9-10,18,20,27H,5-8H2,(H,21,22,23,24). The summed E-state index contributed by atoms with van der Waals surface area (Å²) in [6, 6.07) is 8.07. The van der Waals surface area contributed by atoms with Crippen molar-refractivity contribution in [2.24, 2.45) is 0 Å². The first-order valence-corrected chi connectivity index (χ1v) is 9.59. The molecule has 4 aromatic rings. The molecule has 1 atom stereocenters. The third-order valence-corrected chi connectivity index (χ3v) is 5.70. The van der Waals surface area contributed by atoms with E-state index in [-0.39, 0.29) is 0 Å². The van der Waals surface area contributed by atoms with Crippen LogP contribution < -0.4 is 4.90 Å². The fourth-order valence-electron chi connectivity index (χ4n) is 3.66. The summed E-state index contributed by atoms with van der Waals surface area (Å²) in [5.41, 5.74) is 2.59. The summed E-state index contributed by atoms with van der Waals surface area (Å²) in [5.74, 6) is 0.863. The molecule has 27 heavy (non-hydrogen) atoms. The molecular formula is C18H18BrN7O. The minimum absolute atomic E-state index is 0.620. The van der Waals surface area contributed by atoms with E-state index in [2.05, 4.69) is 50.9 Å². The van der Waals surface area contributed by atoms with Crippen molar-refractivity contribution in [1.29, 1.82) is 0 Å². The van der Waals surface area contributed by atoms with Gasteiger partial charge in [-0.3, -0.25) is 10.00 Å². The highest BCUT2D eigenvalue weighted by Crippen LogP contribution is 2.30. The maximum atomic E-state index is 10.8. The van der Waals surface area contributed by atoms with Crippen LogP contribution in [0, 0.1) is 0 Å². The van der Waals surface area contributed by atoms with Crippen LogP contribution in [0.4, 0.5) is 5.82 Å². The Morgan fingerprint density at radius 1 is 1.11 bits per heavy atom. The number of aliphatic hydroxyl groups is 1. The average Bonchev–Trinajstić information content (AvgIpc) is 3.33. The van der Waals surface area contributed by atoms with Crippen molar-refractivity contribution in [3.8, 4) is 0 Å². The number of piperazine rings is 1. The number of hydrogen-bond donors (Lipinski definition) is 3. The lowest BCUT2D eigenvalue weighted by molar-refractivity contribution is -0.00158. The smallest absolute Gasteiger partial charge is 0.187 e. The molecule has 0 aliphatic carbocycles. The molecule has 138 valence electrons. The molecule has 1 aromatic carbocycles. The van der Waals surface area contributed by atoms with Crippen LogP contribution in [0.2, 0.25) is 0 Å². The van der Waals surface area contributed by atoms with E-state index in [1.807, 2.05) is 30.5 Å². The molecular weight excluding hydrogens is 410 g/mol. The van der Waals surface area contributed by atoms with E-state index in [1.165, 1.54) is 6.33 Å². The van der Waals surface area contributed by atoms with Crippen LogP contribution in [-0.2, 0) is 0 Å². The number of H-pyrrole nitrogens is 2. The van der Waals surface area contributed by atoms with E-state index in [4.69, 9.17) is 0 Å². The first kappa shape index (κ1) is 16.7. The quantitative estimate of drug-likeness (QED) is 0.464. The molecule has 1 fully saturated rings. The lowest BCUT2D eigenvalue weighted by Gasteiger charge is -2.38. The van der Waals surface area contributed by atoms with E-state index in [1.54, 1.807) is 0 Å². The average molecular weight is 428 g/mol. The molecule has 0 spiro atoms. The molecule has 4 heterocycles. The molecule has 5 rings (SSSR count). The van der Waals surface area contributed by atoms with Crippen LogP contribution in [0.25, 0.3) is 21.9 Å². The molecule has 1 unspecified atom stereocenters. The van der Waals surface area contributed by atoms with Crippen LogP contribution in [0.15, 0.2) is 41.4 Å². The number of aromatic amines is 2. The van der Waals surface area contributed by atoms with Crippen molar-refractivity contribution in [3.63, 3.8) is 0 Å². The van der Waals surface area contributed by atoms with Crippen molar-refractivity contribution < 1.29 is 5.11 Å². The summed E-state index contributed by atoms with van der Waals surface area (Å²) < 4.78 is 0.787. The number of benzene rings is 1. The second-order valence-corrected chi connectivity index (χ2v) is 7.45. The zero-order valence-electron chi connectivity index (χ0n) is 14.4. The molecule has 3 aromatic heterocycles. The first-order chi connectivity index (χ1) is 13.2. The zero-order chi connectivity index (χ0) is 18.4. The predicted molar refractivity (Wildman–Crippen MR) is 106 cm³/mol. The highest BCUT2D eigenvalue weighted by molar-refractivity contribution is 9.10. The summed E-state index contributed by atoms with van der Waals surface area (Å²) >= 11 is 3.49. The number of fused-ring (bicyclic) bond motifs is 2. The van der Waals surface area contributed by atoms with Crippen LogP contribution in [0.5, 0.6) is 0 Å². The number of rotatable bonds is 3. The Kier molecular flexibility index (Phi) is 4.07. The van der Waals surface area contributed by atoms with Gasteiger partial charge >= 0.3 is 0 Å². The molecule has 1 saturated heterocycles. The predicted octanol–water partition coefficient (Wildman–Crippen LogP) is 2.41. The number of aliphatic hydroxyl groups excluding tert-OH is 1. The van der Waals surface area contributed by atoms with Gasteiger partial charge in [-0.1, -0.05) is 12.1 Å². The molecule has 0 saturated carbocycles. The topological polar surface area (TPSA) is 97.0 Å². The Bertz CT molecular complexity index is 1100. The Balaban J connectivity index is 1.34. The van der Waals surface area contributed by atoms with Gasteiger partial charge in [-0.25, -0.2) is 9.97 Å². The van der Waals surface area contributed by atoms with Crippen molar-refractivity contribution in [2.45, 2.75) is 6.23 Å². The second-order valence-electron chi connectivity index (χ2n) is 6.65. The second kappa shape index (κ2) is 6.59. The van der Waals surface area contributed by atoms with Gasteiger partial charge in [-0.15, -0.1) is 0 Å². The zero-order valence-corrected chi connectivity index (χ0v) is 16.0. The molecule has 0 bridgehead atoms. The maximum Gasteiger partial charge on any atom is 0.187 e. The van der Waals surface area contributed by atoms with Gasteiger partial charge in [0.2, 0.25) is 0 Å². The normalized spacial score (nSPS) is 17.0. The highest BCUT2D eigenvalue weighted by Gasteiger charge is 2.26. The molecule has 0 radical (unpaired) electrons. The molecule has 1 aliphatic heterocycles. The summed E-state index contributed by atoms with van der Waals surface area (Å²) in [6.45, 7) is 3.02. The van der Waals surface area contributed by atoms with E-state index < -0.39 is 6.23 Å². The monoisotopic (exact) mass is 427 g/mol. The van der Waals surface area contributed by atoms with E-state index in [9.17, 15) is 5.11 Å². The van der Waals surface area contributed by atoms with Crippen molar-refractivity contribution in [2.75, 3.05) is 31.1 Å². The van der Waals surface area contributed by atoms with Crippen molar-refractivity contribution >= 4 is 43.7 Å². The van der Waals surface area contributed by atoms with Crippen molar-refractivity contribution in [3.05, 3.63) is 47.0 Å². The largest absolute Gasteiger partial charge is 0.374 e. The third-order valence-electron chi connectivity index (χ3n) is 5.12. The van der Waals surface area contributed by atoms with Gasteiger partial charge in [0.1, 0.15) is 23.0 Å². The number of halogens is 1. The lowest BCUT2D eigenvalue weighted by Crippen LogP contribution is -2.48. The fourth-order valence-corrected chi connectivity index (χ4v) is 4.10. The summed E-state index contributed by atoms with van der Waals surface area (Å²) in [5, 5.41) is 19.9. The number of anilines is 1. The Hall–Kier alpha value is -2.49. The van der Waals surface area contributed by atoms with E-state index in [0.717, 1.165) is 58.5 Å². The Labute approximate surface area is 163 Å². The molecule has 1 aliphatic rings. The van der Waals surface area contributed by atoms with Gasteiger partial charge in [0.05, 0.1) is 5.39 Å². The molecule has 9 heteroatoms. The Morgan fingerprint density at radius 2 is 1.96 bits per heavy atom. The maximum absolute atomic E-state index is 10.8. The fraction of sp³-hybridized carbons (Fsp3) is 0.278. The minimum Gasteiger partial charge on any atom is -0.374 e. The van der Waals surface area contributed by atoms with Crippen LogP contribution in [0.3, 0.4) is 0 Å². The molecule has 3 N–H and O–H groups in total. The van der Waals surface area contributed by atoms with E-state index >= 15 is 0 Å². The van der Waals surface area contributed by atoms with Gasteiger partial charge < -0.3 is 15.0 Å². The van der Waals surface area contributed by atoms with E-state index in [0.29, 0.717) is 5.65 Å². The van der Waals surface area contributed by atoms with Gasteiger partial charge in [-0.2, -0.15) is 5.10 Å². The van der Waals surface area contributed by atoms with Crippen LogP contribution in [-0.4, -0.2) is 61.3 Å². The number of nitrogens with one attached hydrogen (secondary N) is 2.